The van der Waals surface area contributed by atoms with Crippen LogP contribution >= 0.6 is 0 Å². The summed E-state index contributed by atoms with van der Waals surface area (Å²) in [5, 5.41) is 11.7. The summed E-state index contributed by atoms with van der Waals surface area (Å²) < 4.78 is 11.2. The molecule has 5 atom stereocenters. The zero-order chi connectivity index (χ0) is 18.6. The first-order valence-corrected chi connectivity index (χ1v) is 9.11. The van der Waals surface area contributed by atoms with Crippen LogP contribution in [0.5, 0.6) is 0 Å². The number of ether oxygens (including phenoxy) is 2. The normalized spacial score (nSPS) is 41.1. The first-order chi connectivity index (χ1) is 11.6. The van der Waals surface area contributed by atoms with E-state index in [1.807, 2.05) is 0 Å². The molecule has 0 amide bonds. The third kappa shape index (κ3) is 2.55. The van der Waals surface area contributed by atoms with Crippen molar-refractivity contribution in [2.24, 2.45) is 11.3 Å². The highest BCUT2D eigenvalue weighted by Crippen LogP contribution is 2.59. The van der Waals surface area contributed by atoms with E-state index in [2.05, 4.69) is 13.8 Å². The molecular formula is C20H28O5. The van der Waals surface area contributed by atoms with Crippen LogP contribution in [-0.2, 0) is 19.1 Å². The summed E-state index contributed by atoms with van der Waals surface area (Å²) >= 11 is 0. The molecule has 2 saturated carbocycles. The molecule has 1 N–H and O–H groups in total. The van der Waals surface area contributed by atoms with Crippen molar-refractivity contribution in [2.45, 2.75) is 78.1 Å². The van der Waals surface area contributed by atoms with Crippen LogP contribution in [0.25, 0.3) is 0 Å². The number of allylic oxidation sites excluding steroid dienone is 1. The number of carbonyl (C=O) groups excluding carboxylic acids is 2. The first-order valence-electron chi connectivity index (χ1n) is 9.11. The van der Waals surface area contributed by atoms with Crippen molar-refractivity contribution >= 4 is 11.9 Å². The number of esters is 2. The maximum absolute atomic E-state index is 12.3. The summed E-state index contributed by atoms with van der Waals surface area (Å²) in [4.78, 5) is 24.2. The molecule has 1 aliphatic heterocycles. The molecule has 138 valence electrons. The molecule has 2 aliphatic carbocycles. The van der Waals surface area contributed by atoms with Crippen LogP contribution in [0.2, 0.25) is 0 Å². The molecule has 0 aromatic rings. The Labute approximate surface area is 149 Å². The smallest absolute Gasteiger partial charge is 0.334 e. The van der Waals surface area contributed by atoms with Gasteiger partial charge in [-0.15, -0.1) is 0 Å². The van der Waals surface area contributed by atoms with Crippen molar-refractivity contribution < 1.29 is 24.2 Å². The Balaban J connectivity index is 1.96. The third-order valence-electron chi connectivity index (χ3n) is 6.96. The Hall–Kier alpha value is -1.62. The summed E-state index contributed by atoms with van der Waals surface area (Å²) in [6.45, 7) is 9.48. The number of hydrogen-bond donors (Lipinski definition) is 1. The van der Waals surface area contributed by atoms with Crippen LogP contribution in [-0.4, -0.2) is 34.9 Å². The largest absolute Gasteiger partial charge is 0.456 e. The standard InChI is InChI=1S/C20H28O5/c1-6-11(2)17(21)25-16-8-7-12(3)19(5)9-14-13(4)18(22)24-15(14)10-20(16,19)23/h6,12,15-16,23H,7-10H2,1-5H3/b11-6+/t12-,15-,16-,19+,20+/m0/s1. The van der Waals surface area contributed by atoms with Crippen molar-refractivity contribution in [3.8, 4) is 0 Å². The molecule has 3 rings (SSSR count). The fourth-order valence-corrected chi connectivity index (χ4v) is 4.69. The Kier molecular flexibility index (Phi) is 4.34. The number of rotatable bonds is 2. The second kappa shape index (κ2) is 5.97. The van der Waals surface area contributed by atoms with E-state index in [-0.39, 0.29) is 11.9 Å². The van der Waals surface area contributed by atoms with Crippen LogP contribution in [0, 0.1) is 11.3 Å². The van der Waals surface area contributed by atoms with Gasteiger partial charge in [-0.25, -0.2) is 9.59 Å². The molecular weight excluding hydrogens is 320 g/mol. The van der Waals surface area contributed by atoms with Gasteiger partial charge in [0.1, 0.15) is 17.8 Å². The Bertz CT molecular complexity index is 676. The fraction of sp³-hybridized carbons (Fsp3) is 0.700. The summed E-state index contributed by atoms with van der Waals surface area (Å²) in [6.07, 6.45) is 3.10. The van der Waals surface area contributed by atoms with E-state index in [0.717, 1.165) is 12.0 Å². The minimum Gasteiger partial charge on any atom is -0.456 e. The average molecular weight is 348 g/mol. The quantitative estimate of drug-likeness (QED) is 0.613. The zero-order valence-corrected chi connectivity index (χ0v) is 15.7. The lowest BCUT2D eigenvalue weighted by Crippen LogP contribution is -2.65. The molecule has 3 aliphatic rings. The second-order valence-electron chi connectivity index (χ2n) is 8.11. The van der Waals surface area contributed by atoms with Gasteiger partial charge in [0.05, 0.1) is 0 Å². The van der Waals surface area contributed by atoms with Crippen molar-refractivity contribution in [3.63, 3.8) is 0 Å². The predicted molar refractivity (Wildman–Crippen MR) is 92.6 cm³/mol. The van der Waals surface area contributed by atoms with Gasteiger partial charge in [-0.1, -0.05) is 19.9 Å². The maximum atomic E-state index is 12.3. The van der Waals surface area contributed by atoms with Crippen LogP contribution in [0.15, 0.2) is 22.8 Å². The van der Waals surface area contributed by atoms with Gasteiger partial charge in [0.25, 0.3) is 0 Å². The average Bonchev–Trinajstić information content (AvgIpc) is 2.83. The van der Waals surface area contributed by atoms with Gasteiger partial charge < -0.3 is 14.6 Å². The number of hydrogen-bond acceptors (Lipinski definition) is 5. The topological polar surface area (TPSA) is 72.8 Å². The van der Waals surface area contributed by atoms with Crippen molar-refractivity contribution in [3.05, 3.63) is 22.8 Å². The van der Waals surface area contributed by atoms with Crippen molar-refractivity contribution in [1.29, 1.82) is 0 Å². The maximum Gasteiger partial charge on any atom is 0.334 e. The van der Waals surface area contributed by atoms with Crippen molar-refractivity contribution in [1.82, 2.24) is 0 Å². The monoisotopic (exact) mass is 348 g/mol. The minimum absolute atomic E-state index is 0.257. The van der Waals surface area contributed by atoms with Gasteiger partial charge in [-0.05, 0) is 51.5 Å². The molecule has 0 aromatic heterocycles. The lowest BCUT2D eigenvalue weighted by atomic mass is 9.51. The predicted octanol–water partition coefficient (Wildman–Crippen LogP) is 3.07. The fourth-order valence-electron chi connectivity index (χ4n) is 4.69. The van der Waals surface area contributed by atoms with Crippen LogP contribution in [0.3, 0.4) is 0 Å². The summed E-state index contributed by atoms with van der Waals surface area (Å²) in [7, 11) is 0. The highest BCUT2D eigenvalue weighted by molar-refractivity contribution is 5.92. The van der Waals surface area contributed by atoms with Crippen LogP contribution in [0.1, 0.15) is 60.3 Å². The van der Waals surface area contributed by atoms with Crippen LogP contribution < -0.4 is 0 Å². The summed E-state index contributed by atoms with van der Waals surface area (Å²) in [5.41, 5.74) is 0.544. The third-order valence-corrected chi connectivity index (χ3v) is 6.96. The highest BCUT2D eigenvalue weighted by atomic mass is 16.6. The van der Waals surface area contributed by atoms with E-state index in [1.54, 1.807) is 26.8 Å². The molecule has 5 heteroatoms. The second-order valence-corrected chi connectivity index (χ2v) is 8.11. The van der Waals surface area contributed by atoms with Gasteiger partial charge in [-0.3, -0.25) is 0 Å². The Morgan fingerprint density at radius 3 is 2.72 bits per heavy atom. The molecule has 0 spiro atoms. The number of aliphatic hydroxyl groups is 1. The summed E-state index contributed by atoms with van der Waals surface area (Å²) in [5.74, 6) is -0.428. The number of fused-ring (bicyclic) bond motifs is 2. The summed E-state index contributed by atoms with van der Waals surface area (Å²) in [6, 6.07) is 0. The van der Waals surface area contributed by atoms with E-state index in [0.29, 0.717) is 30.4 Å². The van der Waals surface area contributed by atoms with Gasteiger partial charge in [-0.2, -0.15) is 0 Å². The molecule has 25 heavy (non-hydrogen) atoms. The lowest BCUT2D eigenvalue weighted by molar-refractivity contribution is -0.231. The van der Waals surface area contributed by atoms with E-state index in [9.17, 15) is 14.7 Å². The van der Waals surface area contributed by atoms with E-state index in [1.165, 1.54) is 0 Å². The van der Waals surface area contributed by atoms with Gasteiger partial charge in [0.15, 0.2) is 0 Å². The molecule has 0 radical (unpaired) electrons. The highest BCUT2D eigenvalue weighted by Gasteiger charge is 2.64. The number of carbonyl (C=O) groups is 2. The lowest BCUT2D eigenvalue weighted by Gasteiger charge is -2.59. The Morgan fingerprint density at radius 2 is 2.08 bits per heavy atom. The van der Waals surface area contributed by atoms with Gasteiger partial charge in [0, 0.05) is 23.0 Å². The van der Waals surface area contributed by atoms with E-state index >= 15 is 0 Å². The molecule has 0 saturated heterocycles. The molecule has 5 nitrogen and oxygen atoms in total. The van der Waals surface area contributed by atoms with E-state index in [4.69, 9.17) is 9.47 Å². The first kappa shape index (κ1) is 18.2. The van der Waals surface area contributed by atoms with Crippen molar-refractivity contribution in [2.75, 3.05) is 0 Å². The molecule has 0 aromatic carbocycles. The van der Waals surface area contributed by atoms with Gasteiger partial charge >= 0.3 is 11.9 Å². The molecule has 2 fully saturated rings. The van der Waals surface area contributed by atoms with Gasteiger partial charge in [0.2, 0.25) is 0 Å². The molecule has 0 bridgehead atoms. The van der Waals surface area contributed by atoms with Crippen LogP contribution in [0.4, 0.5) is 0 Å². The SMILES string of the molecule is C/C=C(\C)C(=O)O[C@H]1CC[C@H](C)[C@@]2(C)CC3=C(C)C(=O)O[C@H]3C[C@@]12O. The molecule has 1 heterocycles. The Morgan fingerprint density at radius 1 is 1.40 bits per heavy atom. The minimum atomic E-state index is -1.20. The zero-order valence-electron chi connectivity index (χ0n) is 15.7. The van der Waals surface area contributed by atoms with E-state index < -0.39 is 29.2 Å². The molecule has 0 unspecified atom stereocenters.